The average Bonchev–Trinajstić information content (AvgIpc) is 3.51. The number of halogens is 1. The van der Waals surface area contributed by atoms with E-state index in [4.69, 9.17) is 15.1 Å². The highest BCUT2D eigenvalue weighted by Crippen LogP contribution is 2.27. The molecular weight excluding hydrogens is 471 g/mol. The molecule has 0 bridgehead atoms. The Morgan fingerprint density at radius 1 is 0.919 bits per heavy atom. The van der Waals surface area contributed by atoms with Crippen LogP contribution in [0.2, 0.25) is 0 Å². The minimum atomic E-state index is -0.377. The number of pyridine rings is 1. The molecule has 0 aliphatic carbocycles. The van der Waals surface area contributed by atoms with Crippen molar-refractivity contribution in [2.45, 2.75) is 6.42 Å². The summed E-state index contributed by atoms with van der Waals surface area (Å²) in [5.74, 6) is 1.03. The number of para-hydroxylation sites is 3. The third-order valence-corrected chi connectivity index (χ3v) is 6.89. The minimum Gasteiger partial charge on any atom is -0.423 e. The van der Waals surface area contributed by atoms with E-state index in [0.29, 0.717) is 29.3 Å². The lowest BCUT2D eigenvalue weighted by atomic mass is 10.1. The quantitative estimate of drug-likeness (QED) is 0.392. The number of hydrogen-bond donors (Lipinski definition) is 1. The molecule has 0 unspecified atom stereocenters. The molecule has 9 nitrogen and oxygen atoms in total. The van der Waals surface area contributed by atoms with Crippen molar-refractivity contribution in [2.75, 3.05) is 41.7 Å². The van der Waals surface area contributed by atoms with Crippen molar-refractivity contribution in [2.24, 2.45) is 0 Å². The van der Waals surface area contributed by atoms with Crippen LogP contribution in [-0.2, 0) is 6.42 Å². The molecule has 5 heterocycles. The van der Waals surface area contributed by atoms with Crippen LogP contribution in [0.5, 0.6) is 0 Å². The monoisotopic (exact) mass is 494 g/mol. The lowest BCUT2D eigenvalue weighted by molar-refractivity contribution is 0.540. The normalized spacial score (nSPS) is 14.3. The van der Waals surface area contributed by atoms with Crippen LogP contribution >= 0.6 is 0 Å². The summed E-state index contributed by atoms with van der Waals surface area (Å²) in [6.07, 6.45) is 3.87. The van der Waals surface area contributed by atoms with Gasteiger partial charge in [0.2, 0.25) is 0 Å². The van der Waals surface area contributed by atoms with Crippen molar-refractivity contribution in [1.82, 2.24) is 24.3 Å². The lowest BCUT2D eigenvalue weighted by Crippen LogP contribution is -2.47. The number of aromatic nitrogens is 5. The molecule has 0 radical (unpaired) electrons. The lowest BCUT2D eigenvalue weighted by Gasteiger charge is -2.34. The van der Waals surface area contributed by atoms with Crippen LogP contribution < -0.4 is 15.5 Å². The van der Waals surface area contributed by atoms with Gasteiger partial charge in [0.1, 0.15) is 40.5 Å². The van der Waals surface area contributed by atoms with Crippen molar-refractivity contribution < 1.29 is 8.81 Å². The van der Waals surface area contributed by atoms with Gasteiger partial charge < -0.3 is 20.0 Å². The Hall–Kier alpha value is -4.73. The summed E-state index contributed by atoms with van der Waals surface area (Å²) >= 11 is 0. The zero-order valence-corrected chi connectivity index (χ0v) is 19.9. The summed E-state index contributed by atoms with van der Waals surface area (Å²) in [5, 5.41) is 0.632. The van der Waals surface area contributed by atoms with Gasteiger partial charge in [-0.15, -0.1) is 0 Å². The number of rotatable bonds is 4. The molecule has 1 saturated heterocycles. The van der Waals surface area contributed by atoms with Crippen LogP contribution in [0.3, 0.4) is 0 Å². The second-order valence-corrected chi connectivity index (χ2v) is 9.16. The fraction of sp³-hybridized carbons (Fsp3) is 0.185. The van der Waals surface area contributed by atoms with E-state index in [9.17, 15) is 4.39 Å². The third-order valence-electron chi connectivity index (χ3n) is 6.89. The number of hydrogen-bond acceptors (Lipinski definition) is 8. The van der Waals surface area contributed by atoms with Gasteiger partial charge in [0.05, 0.1) is 5.69 Å². The van der Waals surface area contributed by atoms with Crippen molar-refractivity contribution >= 4 is 45.3 Å². The third kappa shape index (κ3) is 3.68. The summed E-state index contributed by atoms with van der Waals surface area (Å²) < 4.78 is 21.9. The molecular formula is C27H23FN8O. The topological polar surface area (TPSA) is 102 Å². The van der Waals surface area contributed by atoms with Crippen molar-refractivity contribution in [3.05, 3.63) is 84.2 Å². The Bertz CT molecular complexity index is 1740. The molecule has 1 fully saturated rings. The molecule has 2 N–H and O–H groups in total. The first kappa shape index (κ1) is 21.5. The maximum absolute atomic E-state index is 14.2. The van der Waals surface area contributed by atoms with E-state index in [1.807, 2.05) is 42.6 Å². The summed E-state index contributed by atoms with van der Waals surface area (Å²) in [5.41, 5.74) is 10.7. The highest BCUT2D eigenvalue weighted by atomic mass is 19.1. The number of oxazole rings is 1. The largest absolute Gasteiger partial charge is 0.423 e. The predicted molar refractivity (Wildman–Crippen MR) is 140 cm³/mol. The van der Waals surface area contributed by atoms with Crippen molar-refractivity contribution in [3.63, 3.8) is 0 Å². The Morgan fingerprint density at radius 3 is 2.62 bits per heavy atom. The number of nitrogens with two attached hydrogens (primary N) is 1. The van der Waals surface area contributed by atoms with Crippen molar-refractivity contribution in [1.29, 1.82) is 0 Å². The minimum absolute atomic E-state index is 0.287. The Morgan fingerprint density at radius 2 is 1.76 bits per heavy atom. The summed E-state index contributed by atoms with van der Waals surface area (Å²) in [4.78, 5) is 22.7. The van der Waals surface area contributed by atoms with E-state index >= 15 is 0 Å². The smallest absolute Gasteiger partial charge is 0.298 e. The van der Waals surface area contributed by atoms with Gasteiger partial charge in [0, 0.05) is 44.2 Å². The molecule has 7 rings (SSSR count). The van der Waals surface area contributed by atoms with Gasteiger partial charge in [-0.05, 0) is 42.0 Å². The van der Waals surface area contributed by atoms with Gasteiger partial charge in [-0.25, -0.2) is 19.3 Å². The fourth-order valence-corrected chi connectivity index (χ4v) is 4.93. The Balaban J connectivity index is 1.11. The van der Waals surface area contributed by atoms with E-state index in [2.05, 4.69) is 30.8 Å². The van der Waals surface area contributed by atoms with Gasteiger partial charge in [-0.3, -0.25) is 4.40 Å². The maximum atomic E-state index is 14.2. The molecule has 2 aromatic carbocycles. The first-order valence-electron chi connectivity index (χ1n) is 12.1. The first-order valence-corrected chi connectivity index (χ1v) is 12.1. The van der Waals surface area contributed by atoms with Gasteiger partial charge in [-0.1, -0.05) is 18.2 Å². The highest BCUT2D eigenvalue weighted by molar-refractivity contribution is 5.92. The number of anilines is 3. The van der Waals surface area contributed by atoms with Crippen LogP contribution in [0.1, 0.15) is 11.3 Å². The molecule has 0 spiro atoms. The van der Waals surface area contributed by atoms with E-state index in [0.717, 1.165) is 54.4 Å². The van der Waals surface area contributed by atoms with E-state index in [-0.39, 0.29) is 11.3 Å². The number of nitrogens with zero attached hydrogens (tertiary/aromatic N) is 7. The van der Waals surface area contributed by atoms with Crippen LogP contribution in [0.15, 0.2) is 71.5 Å². The zero-order valence-electron chi connectivity index (χ0n) is 19.9. The number of fused-ring (bicyclic) bond motifs is 4. The number of imidazole rings is 1. The molecule has 1 aliphatic heterocycles. The van der Waals surface area contributed by atoms with Crippen LogP contribution in [0, 0.1) is 5.82 Å². The summed E-state index contributed by atoms with van der Waals surface area (Å²) in [6.45, 7) is 3.17. The van der Waals surface area contributed by atoms with Crippen LogP contribution in [-0.4, -0.2) is 50.5 Å². The summed E-state index contributed by atoms with van der Waals surface area (Å²) in [6, 6.07) is 17.4. The van der Waals surface area contributed by atoms with Crippen LogP contribution in [0.4, 0.5) is 22.0 Å². The molecule has 0 atom stereocenters. The maximum Gasteiger partial charge on any atom is 0.298 e. The average molecular weight is 495 g/mol. The second-order valence-electron chi connectivity index (χ2n) is 9.16. The SMILES string of the molecule is Nc1c(Cc2ccnc(N3CCN(c4nc5ccccc5o4)CC3)c2)nc2c3cccc(F)c3ncn12. The van der Waals surface area contributed by atoms with Crippen molar-refractivity contribution in [3.8, 4) is 0 Å². The molecule has 6 aromatic rings. The standard InChI is InChI=1S/C27H23FN8O/c28-19-5-3-4-18-24(19)31-16-36-25(29)21(32-26(18)36)14-17-8-9-30-23(15-17)34-10-12-35(13-11-34)27-33-20-6-1-2-7-22(20)37-27/h1-9,15-16H,10-14,29H2. The van der Waals surface area contributed by atoms with Gasteiger partial charge >= 0.3 is 0 Å². The Labute approximate surface area is 211 Å². The Kier molecular flexibility index (Phi) is 4.91. The van der Waals surface area contributed by atoms with E-state index in [1.54, 1.807) is 10.5 Å². The summed E-state index contributed by atoms with van der Waals surface area (Å²) in [7, 11) is 0. The molecule has 0 amide bonds. The van der Waals surface area contributed by atoms with E-state index < -0.39 is 0 Å². The number of benzene rings is 2. The highest BCUT2D eigenvalue weighted by Gasteiger charge is 2.22. The molecule has 37 heavy (non-hydrogen) atoms. The van der Waals surface area contributed by atoms with Gasteiger partial charge in [0.15, 0.2) is 5.58 Å². The zero-order chi connectivity index (χ0) is 24.9. The number of nitrogen functional groups attached to an aromatic ring is 1. The van der Waals surface area contributed by atoms with Crippen LogP contribution in [0.25, 0.3) is 27.6 Å². The second kappa shape index (κ2) is 8.44. The van der Waals surface area contributed by atoms with E-state index in [1.165, 1.54) is 12.4 Å². The molecule has 1 aliphatic rings. The predicted octanol–water partition coefficient (Wildman–Crippen LogP) is 4.06. The molecule has 0 saturated carbocycles. The molecule has 184 valence electrons. The molecule has 10 heteroatoms. The van der Waals surface area contributed by atoms with Gasteiger partial charge in [-0.2, -0.15) is 4.98 Å². The molecule has 4 aromatic heterocycles. The number of piperazine rings is 1. The van der Waals surface area contributed by atoms with Gasteiger partial charge in [0.25, 0.3) is 6.01 Å². The fourth-order valence-electron chi connectivity index (χ4n) is 4.93. The first-order chi connectivity index (χ1) is 18.1.